The number of rotatable bonds is 8. The molecule has 86 valence electrons. The van der Waals surface area contributed by atoms with Crippen LogP contribution in [0.4, 0.5) is 0 Å². The fourth-order valence-electron chi connectivity index (χ4n) is 1.62. The van der Waals surface area contributed by atoms with Crippen molar-refractivity contribution in [1.82, 2.24) is 5.32 Å². The van der Waals surface area contributed by atoms with E-state index in [1.165, 1.54) is 6.42 Å². The van der Waals surface area contributed by atoms with Gasteiger partial charge >= 0.3 is 0 Å². The van der Waals surface area contributed by atoms with E-state index in [0.717, 1.165) is 13.0 Å². The van der Waals surface area contributed by atoms with Crippen LogP contribution in [0.2, 0.25) is 0 Å². The molecule has 3 atom stereocenters. The minimum absolute atomic E-state index is 0.304. The highest BCUT2D eigenvalue weighted by Gasteiger charge is 2.17. The van der Waals surface area contributed by atoms with Gasteiger partial charge in [0.2, 0.25) is 0 Å². The third kappa shape index (κ3) is 5.89. The van der Waals surface area contributed by atoms with Gasteiger partial charge in [0.1, 0.15) is 0 Å². The summed E-state index contributed by atoms with van der Waals surface area (Å²) in [5, 5.41) is 13.5. The molecule has 0 fully saturated rings. The Labute approximate surface area is 92.9 Å². The first-order chi connectivity index (χ1) is 6.65. The Kier molecular flexibility index (Phi) is 8.73. The van der Waals surface area contributed by atoms with Gasteiger partial charge in [-0.25, -0.2) is 0 Å². The molecule has 0 aromatic heterocycles. The molecule has 3 heteroatoms. The van der Waals surface area contributed by atoms with E-state index >= 15 is 0 Å². The molecule has 0 spiro atoms. The monoisotopic (exact) mass is 219 g/mol. The van der Waals surface area contributed by atoms with Crippen LogP contribution in [0.25, 0.3) is 0 Å². The van der Waals surface area contributed by atoms with Crippen LogP contribution in [-0.4, -0.2) is 34.8 Å². The molecule has 0 aromatic carbocycles. The number of aliphatic hydroxyl groups is 1. The van der Waals surface area contributed by atoms with Crippen LogP contribution >= 0.6 is 11.8 Å². The van der Waals surface area contributed by atoms with Crippen LogP contribution in [0.3, 0.4) is 0 Å². The van der Waals surface area contributed by atoms with E-state index in [2.05, 4.69) is 33.0 Å². The molecule has 3 unspecified atom stereocenters. The molecule has 0 bridgehead atoms. The van der Waals surface area contributed by atoms with E-state index < -0.39 is 0 Å². The molecular formula is C11H25NOS. The zero-order chi connectivity index (χ0) is 11.0. The molecule has 0 radical (unpaired) electrons. The maximum Gasteiger partial charge on any atom is 0.0441 e. The third-order valence-corrected chi connectivity index (χ3v) is 3.91. The molecule has 0 rings (SSSR count). The fourth-order valence-corrected chi connectivity index (χ4v) is 3.07. The van der Waals surface area contributed by atoms with Crippen molar-refractivity contribution >= 4 is 11.8 Å². The zero-order valence-corrected chi connectivity index (χ0v) is 10.7. The van der Waals surface area contributed by atoms with Crippen LogP contribution in [0, 0.1) is 0 Å². The average Bonchev–Trinajstić information content (AvgIpc) is 2.14. The Balaban J connectivity index is 3.83. The Morgan fingerprint density at radius 3 is 2.36 bits per heavy atom. The number of hydrogen-bond acceptors (Lipinski definition) is 3. The highest BCUT2D eigenvalue weighted by molar-refractivity contribution is 8.00. The highest BCUT2D eigenvalue weighted by Crippen LogP contribution is 2.23. The average molecular weight is 219 g/mol. The van der Waals surface area contributed by atoms with Gasteiger partial charge in [-0.15, -0.1) is 0 Å². The minimum atomic E-state index is 0.304. The smallest absolute Gasteiger partial charge is 0.0441 e. The summed E-state index contributed by atoms with van der Waals surface area (Å²) in [6.45, 7) is 10.2. The van der Waals surface area contributed by atoms with Crippen LogP contribution < -0.4 is 5.32 Å². The molecule has 14 heavy (non-hydrogen) atoms. The van der Waals surface area contributed by atoms with Crippen molar-refractivity contribution in [2.45, 2.75) is 57.1 Å². The van der Waals surface area contributed by atoms with E-state index in [1.807, 2.05) is 11.8 Å². The number of hydrogen-bond donors (Lipinski definition) is 2. The largest absolute Gasteiger partial charge is 0.396 e. The van der Waals surface area contributed by atoms with E-state index in [0.29, 0.717) is 23.1 Å². The number of aliphatic hydroxyl groups excluding tert-OH is 1. The summed E-state index contributed by atoms with van der Waals surface area (Å²) in [5.74, 6) is 0. The van der Waals surface area contributed by atoms with Gasteiger partial charge in [0.05, 0.1) is 0 Å². The first-order valence-corrected chi connectivity index (χ1v) is 6.59. The summed E-state index contributed by atoms with van der Waals surface area (Å²) >= 11 is 1.97. The molecule has 0 aromatic rings. The molecule has 2 N–H and O–H groups in total. The van der Waals surface area contributed by atoms with E-state index in [4.69, 9.17) is 5.11 Å². The predicted molar refractivity (Wildman–Crippen MR) is 66.0 cm³/mol. The molecule has 2 nitrogen and oxygen atoms in total. The lowest BCUT2D eigenvalue weighted by atomic mass is 10.2. The van der Waals surface area contributed by atoms with Gasteiger partial charge in [0, 0.05) is 23.1 Å². The predicted octanol–water partition coefficient (Wildman–Crippen LogP) is 2.27. The summed E-state index contributed by atoms with van der Waals surface area (Å²) in [6.07, 6.45) is 2.07. The Hall–Kier alpha value is 0.270. The first-order valence-electron chi connectivity index (χ1n) is 5.65. The fraction of sp³-hybridized carbons (Fsp3) is 1.00. The van der Waals surface area contributed by atoms with Crippen LogP contribution in [0.15, 0.2) is 0 Å². The van der Waals surface area contributed by atoms with Crippen molar-refractivity contribution in [1.29, 1.82) is 0 Å². The van der Waals surface area contributed by atoms with Gasteiger partial charge in [-0.2, -0.15) is 11.8 Å². The Bertz CT molecular complexity index is 132. The Morgan fingerprint density at radius 2 is 1.93 bits per heavy atom. The maximum absolute atomic E-state index is 8.82. The zero-order valence-electron chi connectivity index (χ0n) is 9.92. The van der Waals surface area contributed by atoms with E-state index in [9.17, 15) is 0 Å². The molecule has 0 saturated carbocycles. The molecule has 0 saturated heterocycles. The lowest BCUT2D eigenvalue weighted by molar-refractivity contribution is 0.288. The standard InChI is InChI=1S/C11H25NOS/c1-5-11(12-6-2)10(4)14-9(3)7-8-13/h9-13H,5-8H2,1-4H3. The van der Waals surface area contributed by atoms with Crippen LogP contribution in [0.5, 0.6) is 0 Å². The molecule has 0 aliphatic carbocycles. The summed E-state index contributed by atoms with van der Waals surface area (Å²) in [4.78, 5) is 0. The van der Waals surface area contributed by atoms with Crippen molar-refractivity contribution in [3.05, 3.63) is 0 Å². The van der Waals surface area contributed by atoms with Crippen molar-refractivity contribution < 1.29 is 5.11 Å². The van der Waals surface area contributed by atoms with Crippen LogP contribution in [-0.2, 0) is 0 Å². The quantitative estimate of drug-likeness (QED) is 0.657. The second kappa shape index (κ2) is 8.57. The maximum atomic E-state index is 8.82. The molecule has 0 aliphatic heterocycles. The van der Waals surface area contributed by atoms with Gasteiger partial charge < -0.3 is 10.4 Å². The first kappa shape index (κ1) is 14.3. The minimum Gasteiger partial charge on any atom is -0.396 e. The van der Waals surface area contributed by atoms with Gasteiger partial charge in [-0.3, -0.25) is 0 Å². The second-order valence-electron chi connectivity index (χ2n) is 3.74. The number of thioether (sulfide) groups is 1. The summed E-state index contributed by atoms with van der Waals surface area (Å²) in [5.41, 5.74) is 0. The van der Waals surface area contributed by atoms with Crippen molar-refractivity contribution in [2.24, 2.45) is 0 Å². The topological polar surface area (TPSA) is 32.3 Å². The number of nitrogens with one attached hydrogen (secondary N) is 1. The SMILES string of the molecule is CCNC(CC)C(C)SC(C)CCO. The van der Waals surface area contributed by atoms with Gasteiger partial charge in [-0.05, 0) is 19.4 Å². The normalized spacial score (nSPS) is 17.8. The van der Waals surface area contributed by atoms with Crippen molar-refractivity contribution in [3.8, 4) is 0 Å². The summed E-state index contributed by atoms with van der Waals surface area (Å²) in [7, 11) is 0. The van der Waals surface area contributed by atoms with Gasteiger partial charge in [0.25, 0.3) is 0 Å². The Morgan fingerprint density at radius 1 is 1.29 bits per heavy atom. The molecule has 0 amide bonds. The molecular weight excluding hydrogens is 194 g/mol. The van der Waals surface area contributed by atoms with Gasteiger partial charge in [0.15, 0.2) is 0 Å². The van der Waals surface area contributed by atoms with Gasteiger partial charge in [-0.1, -0.05) is 27.7 Å². The van der Waals surface area contributed by atoms with Crippen molar-refractivity contribution in [2.75, 3.05) is 13.2 Å². The van der Waals surface area contributed by atoms with Crippen molar-refractivity contribution in [3.63, 3.8) is 0 Å². The lowest BCUT2D eigenvalue weighted by Gasteiger charge is -2.25. The van der Waals surface area contributed by atoms with E-state index in [-0.39, 0.29) is 0 Å². The highest BCUT2D eigenvalue weighted by atomic mass is 32.2. The molecule has 0 aliphatic rings. The summed E-state index contributed by atoms with van der Waals surface area (Å²) < 4.78 is 0. The van der Waals surface area contributed by atoms with E-state index in [1.54, 1.807) is 0 Å². The van der Waals surface area contributed by atoms with Crippen LogP contribution in [0.1, 0.15) is 40.5 Å². The summed E-state index contributed by atoms with van der Waals surface area (Å²) in [6, 6.07) is 0.603. The molecule has 0 heterocycles. The lowest BCUT2D eigenvalue weighted by Crippen LogP contribution is -2.36. The third-order valence-electron chi connectivity index (χ3n) is 2.46. The second-order valence-corrected chi connectivity index (χ2v) is 5.56.